The van der Waals surface area contributed by atoms with Crippen LogP contribution < -0.4 is 0 Å². The first-order valence-electron chi connectivity index (χ1n) is 6.96. The van der Waals surface area contributed by atoms with E-state index in [1.807, 2.05) is 34.6 Å². The maximum Gasteiger partial charge on any atom is 0.185 e. The largest absolute Gasteiger partial charge is 0.292 e. The minimum Gasteiger partial charge on any atom is -0.292 e. The van der Waals surface area contributed by atoms with Crippen molar-refractivity contribution in [2.24, 2.45) is 0 Å². The van der Waals surface area contributed by atoms with Crippen molar-refractivity contribution in [3.8, 4) is 0 Å². The lowest BCUT2D eigenvalue weighted by Gasteiger charge is -2.38. The minimum atomic E-state index is -0.641. The Bertz CT molecular complexity index is 454. The highest BCUT2D eigenvalue weighted by molar-refractivity contribution is 6.03. The van der Waals surface area contributed by atoms with Crippen LogP contribution >= 0.6 is 0 Å². The zero-order valence-electron chi connectivity index (χ0n) is 12.6. The van der Waals surface area contributed by atoms with Crippen LogP contribution in [0.5, 0.6) is 0 Å². The SMILES string of the molecule is CCN(CC)C(C)(CC)C(=O)c1cc(C)ccc1F. The van der Waals surface area contributed by atoms with E-state index >= 15 is 0 Å². The Balaban J connectivity index is 3.25. The normalized spacial score (nSPS) is 14.5. The molecule has 1 rings (SSSR count). The van der Waals surface area contributed by atoms with Gasteiger partial charge in [-0.25, -0.2) is 4.39 Å². The molecule has 0 aliphatic carbocycles. The summed E-state index contributed by atoms with van der Waals surface area (Å²) in [5, 5.41) is 0. The van der Waals surface area contributed by atoms with Gasteiger partial charge in [0.15, 0.2) is 5.78 Å². The number of benzene rings is 1. The molecule has 1 aromatic rings. The molecule has 106 valence electrons. The molecule has 0 aliphatic rings. The first-order chi connectivity index (χ1) is 8.90. The van der Waals surface area contributed by atoms with Gasteiger partial charge in [0.25, 0.3) is 0 Å². The van der Waals surface area contributed by atoms with Crippen LogP contribution in [0.3, 0.4) is 0 Å². The number of likely N-dealkylation sites (N-methyl/N-ethyl adjacent to an activating group) is 1. The Morgan fingerprint density at radius 1 is 1.26 bits per heavy atom. The molecule has 0 heterocycles. The van der Waals surface area contributed by atoms with Crippen LogP contribution in [0, 0.1) is 12.7 Å². The molecular weight excluding hydrogens is 241 g/mol. The lowest BCUT2D eigenvalue weighted by atomic mass is 9.86. The third kappa shape index (κ3) is 3.03. The summed E-state index contributed by atoms with van der Waals surface area (Å²) < 4.78 is 13.9. The number of halogens is 1. The highest BCUT2D eigenvalue weighted by Crippen LogP contribution is 2.26. The second kappa shape index (κ2) is 6.29. The number of rotatable bonds is 6. The molecule has 0 saturated heterocycles. The second-order valence-corrected chi connectivity index (χ2v) is 5.11. The molecule has 1 aromatic carbocycles. The number of hydrogen-bond donors (Lipinski definition) is 0. The van der Waals surface area contributed by atoms with Gasteiger partial charge in [-0.05, 0) is 45.5 Å². The Morgan fingerprint density at radius 3 is 2.32 bits per heavy atom. The third-order valence-electron chi connectivity index (χ3n) is 4.01. The van der Waals surface area contributed by atoms with Crippen LogP contribution in [-0.2, 0) is 0 Å². The Kier molecular flexibility index (Phi) is 5.24. The van der Waals surface area contributed by atoms with Gasteiger partial charge in [0.2, 0.25) is 0 Å². The molecule has 0 saturated carbocycles. The van der Waals surface area contributed by atoms with Gasteiger partial charge < -0.3 is 0 Å². The zero-order chi connectivity index (χ0) is 14.6. The molecule has 0 spiro atoms. The molecule has 1 unspecified atom stereocenters. The summed E-state index contributed by atoms with van der Waals surface area (Å²) in [5.41, 5.74) is 0.469. The fraction of sp³-hybridized carbons (Fsp3) is 0.562. The first-order valence-corrected chi connectivity index (χ1v) is 6.96. The van der Waals surface area contributed by atoms with Gasteiger partial charge >= 0.3 is 0 Å². The number of Topliss-reactive ketones (excluding diaryl/α,β-unsaturated/α-hetero) is 1. The van der Waals surface area contributed by atoms with E-state index < -0.39 is 11.4 Å². The standard InChI is InChI=1S/C16H24FNO/c1-6-16(5,18(7-2)8-3)15(19)13-11-12(4)9-10-14(13)17/h9-11H,6-8H2,1-5H3. The molecule has 2 nitrogen and oxygen atoms in total. The summed E-state index contributed by atoms with van der Waals surface area (Å²) in [6.45, 7) is 11.4. The van der Waals surface area contributed by atoms with Crippen LogP contribution in [0.15, 0.2) is 18.2 Å². The molecule has 0 bridgehead atoms. The Morgan fingerprint density at radius 2 is 1.84 bits per heavy atom. The minimum absolute atomic E-state index is 0.125. The topological polar surface area (TPSA) is 20.3 Å². The number of ketones is 1. The Labute approximate surface area is 115 Å². The molecule has 0 N–H and O–H groups in total. The first kappa shape index (κ1) is 15.8. The summed E-state index contributed by atoms with van der Waals surface area (Å²) in [6.07, 6.45) is 0.668. The molecule has 0 radical (unpaired) electrons. The molecule has 0 amide bonds. The van der Waals surface area contributed by atoms with Gasteiger partial charge in [0.1, 0.15) is 5.82 Å². The Hall–Kier alpha value is -1.22. The summed E-state index contributed by atoms with van der Waals surface area (Å²) in [7, 11) is 0. The van der Waals surface area contributed by atoms with Gasteiger partial charge in [-0.1, -0.05) is 32.4 Å². The molecule has 0 aliphatic heterocycles. The van der Waals surface area contributed by atoms with E-state index in [-0.39, 0.29) is 11.3 Å². The van der Waals surface area contributed by atoms with Crippen LogP contribution in [0.25, 0.3) is 0 Å². The number of aryl methyl sites for hydroxylation is 1. The van der Waals surface area contributed by atoms with E-state index in [2.05, 4.69) is 4.90 Å². The fourth-order valence-electron chi connectivity index (χ4n) is 2.55. The molecule has 3 heteroatoms. The van der Waals surface area contributed by atoms with Crippen LogP contribution in [-0.4, -0.2) is 29.3 Å². The maximum atomic E-state index is 13.9. The van der Waals surface area contributed by atoms with Crippen molar-refractivity contribution >= 4 is 5.78 Å². The number of carbonyl (C=O) groups is 1. The van der Waals surface area contributed by atoms with Gasteiger partial charge in [-0.2, -0.15) is 0 Å². The smallest absolute Gasteiger partial charge is 0.185 e. The zero-order valence-corrected chi connectivity index (χ0v) is 12.6. The lowest BCUT2D eigenvalue weighted by molar-refractivity contribution is 0.0603. The van der Waals surface area contributed by atoms with Crippen LogP contribution in [0.4, 0.5) is 4.39 Å². The lowest BCUT2D eigenvalue weighted by Crippen LogP contribution is -2.52. The van der Waals surface area contributed by atoms with Crippen molar-refractivity contribution in [3.63, 3.8) is 0 Å². The van der Waals surface area contributed by atoms with Crippen molar-refractivity contribution in [2.45, 2.75) is 46.6 Å². The van der Waals surface area contributed by atoms with Crippen molar-refractivity contribution in [3.05, 3.63) is 35.1 Å². The van der Waals surface area contributed by atoms with Crippen molar-refractivity contribution in [2.75, 3.05) is 13.1 Å². The maximum absolute atomic E-state index is 13.9. The van der Waals surface area contributed by atoms with Crippen LogP contribution in [0.1, 0.15) is 50.0 Å². The monoisotopic (exact) mass is 265 g/mol. The average Bonchev–Trinajstić information content (AvgIpc) is 2.41. The predicted molar refractivity (Wildman–Crippen MR) is 77.1 cm³/mol. The number of carbonyl (C=O) groups excluding carboxylic acids is 1. The van der Waals surface area contributed by atoms with E-state index in [4.69, 9.17) is 0 Å². The molecular formula is C16H24FNO. The van der Waals surface area contributed by atoms with Crippen molar-refractivity contribution in [1.82, 2.24) is 4.90 Å². The summed E-state index contributed by atoms with van der Waals surface area (Å²) in [5.74, 6) is -0.553. The highest BCUT2D eigenvalue weighted by atomic mass is 19.1. The summed E-state index contributed by atoms with van der Waals surface area (Å²) in [4.78, 5) is 14.8. The molecule has 0 fully saturated rings. The number of hydrogen-bond acceptors (Lipinski definition) is 2. The molecule has 1 atom stereocenters. The van der Waals surface area contributed by atoms with Gasteiger partial charge in [-0.3, -0.25) is 9.69 Å². The van der Waals surface area contributed by atoms with Crippen molar-refractivity contribution < 1.29 is 9.18 Å². The number of nitrogens with zero attached hydrogens (tertiary/aromatic N) is 1. The van der Waals surface area contributed by atoms with Gasteiger partial charge in [-0.15, -0.1) is 0 Å². The molecule has 19 heavy (non-hydrogen) atoms. The van der Waals surface area contributed by atoms with E-state index in [0.717, 1.165) is 18.7 Å². The van der Waals surface area contributed by atoms with E-state index in [1.165, 1.54) is 6.07 Å². The second-order valence-electron chi connectivity index (χ2n) is 5.11. The third-order valence-corrected chi connectivity index (χ3v) is 4.01. The van der Waals surface area contributed by atoms with E-state index in [0.29, 0.717) is 6.42 Å². The quantitative estimate of drug-likeness (QED) is 0.729. The van der Waals surface area contributed by atoms with Gasteiger partial charge in [0, 0.05) is 0 Å². The van der Waals surface area contributed by atoms with Crippen molar-refractivity contribution in [1.29, 1.82) is 0 Å². The molecule has 0 aromatic heterocycles. The summed E-state index contributed by atoms with van der Waals surface area (Å²) >= 11 is 0. The van der Waals surface area contributed by atoms with E-state index in [9.17, 15) is 9.18 Å². The average molecular weight is 265 g/mol. The summed E-state index contributed by atoms with van der Waals surface area (Å²) in [6, 6.07) is 4.71. The highest BCUT2D eigenvalue weighted by Gasteiger charge is 2.37. The van der Waals surface area contributed by atoms with Crippen LogP contribution in [0.2, 0.25) is 0 Å². The predicted octanol–water partition coefficient (Wildman–Crippen LogP) is 3.83. The van der Waals surface area contributed by atoms with E-state index in [1.54, 1.807) is 12.1 Å². The van der Waals surface area contributed by atoms with Gasteiger partial charge in [0.05, 0.1) is 11.1 Å². The fourth-order valence-corrected chi connectivity index (χ4v) is 2.55.